The summed E-state index contributed by atoms with van der Waals surface area (Å²) in [6.45, 7) is 27.1. The van der Waals surface area contributed by atoms with Gasteiger partial charge in [-0.3, -0.25) is 5.01 Å². The zero-order valence-corrected chi connectivity index (χ0v) is 31.2. The van der Waals surface area contributed by atoms with E-state index in [9.17, 15) is 0 Å². The van der Waals surface area contributed by atoms with E-state index in [0.29, 0.717) is 0 Å². The molecule has 0 radical (unpaired) electrons. The van der Waals surface area contributed by atoms with E-state index in [1.54, 1.807) is 0 Å². The molecule has 7 rings (SSSR count). The largest absolute Gasteiger partial charge is 0.272 e. The van der Waals surface area contributed by atoms with Crippen LogP contribution in [0.4, 0.5) is 0 Å². The van der Waals surface area contributed by atoms with E-state index in [4.69, 9.17) is 5.11 Å². The highest BCUT2D eigenvalue weighted by Gasteiger charge is 2.40. The van der Waals surface area contributed by atoms with Gasteiger partial charge in [-0.1, -0.05) is 15.7 Å². The Bertz CT molecular complexity index is 2230. The van der Waals surface area contributed by atoms with E-state index < -0.39 is 0 Å². The van der Waals surface area contributed by atoms with Crippen LogP contribution in [0.1, 0.15) is 76.4 Å². The molecule has 0 N–H and O–H groups in total. The van der Waals surface area contributed by atoms with Crippen LogP contribution in [0.2, 0.25) is 0 Å². The quantitative estimate of drug-likeness (QED) is 0.197. The second kappa shape index (κ2) is 10.7. The number of benzene rings is 3. The van der Waals surface area contributed by atoms with Crippen molar-refractivity contribution in [3.05, 3.63) is 72.4 Å². The molecule has 0 bridgehead atoms. The Morgan fingerprint density at radius 3 is 1.33 bits per heavy atom. The molecule has 0 saturated carbocycles. The standard InChI is InChI=1S/C39H47N9/c1-16-19(4)37-34(40-43-46(37)13)25(10)28(16)31-22(7)32(29-17(2)20(5)38-35(26(29)11)41-44-47(38)14)24(9)33(23(31)8)30-18(3)21(6)39-36(27(30)12)42-45-48(39)15/h34,37H,1-15H3. The average Bonchev–Trinajstić information content (AvgIpc) is 3.75. The van der Waals surface area contributed by atoms with Gasteiger partial charge in [-0.05, 0) is 183 Å². The number of allylic oxidation sites excluding steroid dienone is 2. The molecular weight excluding hydrogens is 594 g/mol. The Morgan fingerprint density at radius 1 is 0.458 bits per heavy atom. The monoisotopic (exact) mass is 641 g/mol. The molecule has 3 aromatic carbocycles. The Morgan fingerprint density at radius 2 is 0.875 bits per heavy atom. The highest BCUT2D eigenvalue weighted by Crippen LogP contribution is 2.51. The fraction of sp³-hybridized carbons (Fsp3) is 0.436. The summed E-state index contributed by atoms with van der Waals surface area (Å²) in [4.78, 5) is 0. The average molecular weight is 642 g/mol. The number of likely N-dealkylation sites (N-methyl/N-ethyl adjacent to an activating group) is 1. The van der Waals surface area contributed by atoms with Gasteiger partial charge in [-0.25, -0.2) is 9.36 Å². The normalized spacial score (nSPS) is 18.0. The van der Waals surface area contributed by atoms with Crippen LogP contribution in [0, 0.1) is 62.3 Å². The molecule has 248 valence electrons. The van der Waals surface area contributed by atoms with E-state index in [1.807, 2.05) is 35.5 Å². The molecule has 2 aromatic heterocycles. The van der Waals surface area contributed by atoms with E-state index in [2.05, 4.69) is 109 Å². The summed E-state index contributed by atoms with van der Waals surface area (Å²) in [6, 6.07) is 0.139. The first kappa shape index (κ1) is 31.9. The number of nitrogens with zero attached hydrogens (tertiary/aromatic N) is 9. The lowest BCUT2D eigenvalue weighted by Crippen LogP contribution is -2.37. The maximum Gasteiger partial charge on any atom is 0.120 e. The molecule has 0 spiro atoms. The number of rotatable bonds is 3. The minimum absolute atomic E-state index is 0.0102. The van der Waals surface area contributed by atoms with Crippen LogP contribution in [0.15, 0.2) is 27.1 Å². The van der Waals surface area contributed by atoms with E-state index in [0.717, 1.165) is 33.2 Å². The lowest BCUT2D eigenvalue weighted by atomic mass is 9.72. The van der Waals surface area contributed by atoms with Gasteiger partial charge in [0.05, 0.1) is 17.1 Å². The van der Waals surface area contributed by atoms with E-state index >= 15 is 0 Å². The Balaban J connectivity index is 1.69. The number of fused-ring (bicyclic) bond motifs is 3. The van der Waals surface area contributed by atoms with Gasteiger partial charge in [0, 0.05) is 21.1 Å². The molecule has 2 atom stereocenters. The number of hydrogen-bond acceptors (Lipinski definition) is 7. The predicted octanol–water partition coefficient (Wildman–Crippen LogP) is 8.53. The summed E-state index contributed by atoms with van der Waals surface area (Å²) in [5, 5.41) is 29.6. The fourth-order valence-electron chi connectivity index (χ4n) is 9.23. The first-order valence-corrected chi connectivity index (χ1v) is 16.9. The van der Waals surface area contributed by atoms with Crippen LogP contribution >= 0.6 is 0 Å². The minimum Gasteiger partial charge on any atom is -0.272 e. The van der Waals surface area contributed by atoms with Crippen molar-refractivity contribution in [3.63, 3.8) is 0 Å². The van der Waals surface area contributed by atoms with Crippen LogP contribution in [0.3, 0.4) is 0 Å². The second-order valence-electron chi connectivity index (χ2n) is 14.4. The topological polar surface area (TPSA) is 89.4 Å². The molecule has 2 aliphatic rings. The van der Waals surface area contributed by atoms with Crippen molar-refractivity contribution in [2.45, 2.75) is 95.2 Å². The van der Waals surface area contributed by atoms with Crippen LogP contribution in [0.5, 0.6) is 0 Å². The van der Waals surface area contributed by atoms with Crippen molar-refractivity contribution < 1.29 is 0 Å². The molecule has 9 nitrogen and oxygen atoms in total. The molecule has 0 saturated heterocycles. The van der Waals surface area contributed by atoms with Crippen LogP contribution in [-0.2, 0) is 14.1 Å². The summed E-state index contributed by atoms with van der Waals surface area (Å²) < 4.78 is 3.81. The number of hydrogen-bond donors (Lipinski definition) is 0. The van der Waals surface area contributed by atoms with Gasteiger partial charge in [0.2, 0.25) is 0 Å². The van der Waals surface area contributed by atoms with Crippen molar-refractivity contribution in [1.29, 1.82) is 0 Å². The Labute approximate surface area is 283 Å². The second-order valence-corrected chi connectivity index (χ2v) is 14.4. The van der Waals surface area contributed by atoms with Crippen molar-refractivity contribution in [3.8, 4) is 22.3 Å². The first-order valence-electron chi connectivity index (χ1n) is 16.9. The molecule has 1 aliphatic heterocycles. The van der Waals surface area contributed by atoms with Gasteiger partial charge in [-0.2, -0.15) is 5.11 Å². The molecule has 2 unspecified atom stereocenters. The van der Waals surface area contributed by atoms with Crippen molar-refractivity contribution >= 4 is 27.6 Å². The van der Waals surface area contributed by atoms with Crippen molar-refractivity contribution in [2.75, 3.05) is 7.05 Å². The smallest absolute Gasteiger partial charge is 0.120 e. The Hall–Kier alpha value is -4.66. The predicted molar refractivity (Wildman–Crippen MR) is 195 cm³/mol. The third-order valence-corrected chi connectivity index (χ3v) is 12.0. The third kappa shape index (κ3) is 3.96. The summed E-state index contributed by atoms with van der Waals surface area (Å²) >= 11 is 0. The highest BCUT2D eigenvalue weighted by molar-refractivity contribution is 6.01. The SMILES string of the molecule is CC1=C(C)C2C(N=NN2C)C(C)=C1c1c(C)c(-c2c(C)c(C)c3c(nnn3C)c2C)c(C)c(-c2c(C)c(C)c3c(nnn3C)c2C)c1C. The minimum atomic E-state index is -0.0102. The van der Waals surface area contributed by atoms with Crippen molar-refractivity contribution in [2.24, 2.45) is 24.4 Å². The van der Waals surface area contributed by atoms with Gasteiger partial charge in [0.1, 0.15) is 17.1 Å². The lowest BCUT2D eigenvalue weighted by molar-refractivity contribution is 0.308. The molecule has 0 fully saturated rings. The summed E-state index contributed by atoms with van der Waals surface area (Å²) in [6.07, 6.45) is 0. The third-order valence-electron chi connectivity index (χ3n) is 12.0. The Kier molecular flexibility index (Phi) is 7.10. The summed E-state index contributed by atoms with van der Waals surface area (Å²) in [5.74, 6) is 0. The number of aryl methyl sites for hydroxylation is 6. The molecule has 48 heavy (non-hydrogen) atoms. The molecule has 5 aromatic rings. The van der Waals surface area contributed by atoms with Crippen LogP contribution in [-0.4, -0.2) is 54.1 Å². The van der Waals surface area contributed by atoms with Crippen LogP contribution < -0.4 is 0 Å². The maximum atomic E-state index is 4.79. The maximum absolute atomic E-state index is 4.79. The van der Waals surface area contributed by atoms with Gasteiger partial charge in [-0.15, -0.1) is 10.2 Å². The molecule has 1 aliphatic carbocycles. The van der Waals surface area contributed by atoms with Gasteiger partial charge in [0.25, 0.3) is 0 Å². The molecule has 0 amide bonds. The molecule has 3 heterocycles. The number of aromatic nitrogens is 6. The van der Waals surface area contributed by atoms with Crippen molar-refractivity contribution in [1.82, 2.24) is 35.0 Å². The van der Waals surface area contributed by atoms with Gasteiger partial charge >= 0.3 is 0 Å². The summed E-state index contributed by atoms with van der Waals surface area (Å²) in [7, 11) is 6.00. The molecular formula is C39H47N9. The van der Waals surface area contributed by atoms with E-state index in [-0.39, 0.29) is 12.1 Å². The van der Waals surface area contributed by atoms with Crippen LogP contribution in [0.25, 0.3) is 49.9 Å². The zero-order chi connectivity index (χ0) is 34.8. The lowest BCUT2D eigenvalue weighted by Gasteiger charge is -2.35. The fourth-order valence-corrected chi connectivity index (χ4v) is 9.23. The van der Waals surface area contributed by atoms with E-state index in [1.165, 1.54) is 89.1 Å². The summed E-state index contributed by atoms with van der Waals surface area (Å²) in [5.41, 5.74) is 26.7. The first-order chi connectivity index (χ1) is 22.6. The van der Waals surface area contributed by atoms with Gasteiger partial charge in [0.15, 0.2) is 0 Å². The molecule has 9 heteroatoms. The van der Waals surface area contributed by atoms with Gasteiger partial charge < -0.3 is 0 Å². The zero-order valence-electron chi connectivity index (χ0n) is 31.2. The highest BCUT2D eigenvalue weighted by atomic mass is 15.6.